The van der Waals surface area contributed by atoms with Crippen LogP contribution in [0.15, 0.2) is 12.1 Å². The van der Waals surface area contributed by atoms with Crippen LogP contribution in [0.25, 0.3) is 0 Å². The summed E-state index contributed by atoms with van der Waals surface area (Å²) >= 11 is 1.22. The number of primary amides is 1. The molecule has 1 saturated carbocycles. The molecule has 9 heteroatoms. The van der Waals surface area contributed by atoms with Gasteiger partial charge in [-0.1, -0.05) is 12.8 Å². The highest BCUT2D eigenvalue weighted by Gasteiger charge is 2.24. The number of nitrogens with two attached hydrogens (primary N) is 2. The number of nitrogens with zero attached hydrogens (tertiary/aromatic N) is 2. The van der Waals surface area contributed by atoms with E-state index < -0.39 is 11.7 Å². The van der Waals surface area contributed by atoms with Crippen LogP contribution in [-0.4, -0.2) is 27.3 Å². The van der Waals surface area contributed by atoms with Crippen LogP contribution in [0.2, 0.25) is 0 Å². The smallest absolute Gasteiger partial charge is 0.252 e. The Balaban J connectivity index is 1.90. The predicted octanol–water partition coefficient (Wildman–Crippen LogP) is 2.51. The Morgan fingerprint density at radius 3 is 2.72 bits per heavy atom. The summed E-state index contributed by atoms with van der Waals surface area (Å²) in [5, 5.41) is 6.77. The summed E-state index contributed by atoms with van der Waals surface area (Å²) in [4.78, 5) is 15.9. The SMILES string of the molecule is Cc1cc(Nc2nc(NC3CCCCC3N)c(F)cc2C(N)=O)sn1. The molecular formula is C16H21FN6OS. The maximum absolute atomic E-state index is 14.4. The van der Waals surface area contributed by atoms with Crippen molar-refractivity contribution in [3.8, 4) is 0 Å². The monoisotopic (exact) mass is 364 g/mol. The second-order valence-electron chi connectivity index (χ2n) is 6.24. The van der Waals surface area contributed by atoms with Crippen LogP contribution < -0.4 is 22.1 Å². The molecule has 1 aliphatic carbocycles. The molecule has 0 radical (unpaired) electrons. The zero-order valence-corrected chi connectivity index (χ0v) is 14.7. The van der Waals surface area contributed by atoms with Crippen LogP contribution >= 0.6 is 11.5 Å². The van der Waals surface area contributed by atoms with E-state index in [4.69, 9.17) is 11.5 Å². The number of pyridine rings is 1. The molecule has 0 aliphatic heterocycles. The number of nitrogens with one attached hydrogen (secondary N) is 2. The van der Waals surface area contributed by atoms with Crippen molar-refractivity contribution in [3.63, 3.8) is 0 Å². The lowest BCUT2D eigenvalue weighted by molar-refractivity contribution is 0.100. The van der Waals surface area contributed by atoms with Crippen LogP contribution in [0.1, 0.15) is 41.7 Å². The Kier molecular flexibility index (Phi) is 5.14. The number of amides is 1. The first-order chi connectivity index (χ1) is 11.9. The first-order valence-electron chi connectivity index (χ1n) is 8.17. The molecule has 7 nitrogen and oxygen atoms in total. The third-order valence-electron chi connectivity index (χ3n) is 4.25. The molecule has 0 aromatic carbocycles. The van der Waals surface area contributed by atoms with Crippen molar-refractivity contribution in [2.45, 2.75) is 44.7 Å². The zero-order valence-electron chi connectivity index (χ0n) is 13.9. The van der Waals surface area contributed by atoms with Crippen molar-refractivity contribution in [2.24, 2.45) is 11.5 Å². The van der Waals surface area contributed by atoms with Gasteiger partial charge in [0, 0.05) is 12.1 Å². The summed E-state index contributed by atoms with van der Waals surface area (Å²) in [7, 11) is 0. The standard InChI is InChI=1S/C16H21FN6OS/c1-8-6-13(25-23-8)21-15-9(14(19)24)7-10(17)16(22-15)20-12-5-3-2-4-11(12)18/h6-7,11-12H,2-5,18H2,1H3,(H2,19,24)(H2,20,21,22). The third-order valence-corrected chi connectivity index (χ3v) is 5.05. The average molecular weight is 364 g/mol. The van der Waals surface area contributed by atoms with Gasteiger partial charge < -0.3 is 22.1 Å². The van der Waals surface area contributed by atoms with E-state index in [9.17, 15) is 9.18 Å². The van der Waals surface area contributed by atoms with Crippen LogP contribution in [0, 0.1) is 12.7 Å². The van der Waals surface area contributed by atoms with Crippen molar-refractivity contribution in [2.75, 3.05) is 10.6 Å². The number of halogens is 1. The molecule has 0 spiro atoms. The van der Waals surface area contributed by atoms with Crippen molar-refractivity contribution in [3.05, 3.63) is 29.2 Å². The Morgan fingerprint density at radius 1 is 1.32 bits per heavy atom. The van der Waals surface area contributed by atoms with E-state index in [1.165, 1.54) is 11.5 Å². The summed E-state index contributed by atoms with van der Waals surface area (Å²) in [6.07, 6.45) is 3.87. The fourth-order valence-electron chi connectivity index (χ4n) is 2.93. The molecule has 1 fully saturated rings. The van der Waals surface area contributed by atoms with Crippen LogP contribution in [0.3, 0.4) is 0 Å². The fraction of sp³-hybridized carbons (Fsp3) is 0.438. The maximum Gasteiger partial charge on any atom is 0.252 e. The molecule has 25 heavy (non-hydrogen) atoms. The topological polar surface area (TPSA) is 119 Å². The Bertz CT molecular complexity index is 780. The lowest BCUT2D eigenvalue weighted by Crippen LogP contribution is -2.43. The molecule has 2 atom stereocenters. The summed E-state index contributed by atoms with van der Waals surface area (Å²) in [5.41, 5.74) is 12.3. The highest BCUT2D eigenvalue weighted by atomic mass is 32.1. The number of hydrogen-bond acceptors (Lipinski definition) is 7. The molecule has 6 N–H and O–H groups in total. The van der Waals surface area contributed by atoms with E-state index in [-0.39, 0.29) is 29.3 Å². The van der Waals surface area contributed by atoms with Gasteiger partial charge in [-0.2, -0.15) is 4.37 Å². The van der Waals surface area contributed by atoms with E-state index >= 15 is 0 Å². The van der Waals surface area contributed by atoms with Crippen LogP contribution in [-0.2, 0) is 0 Å². The number of carbonyl (C=O) groups excluding carboxylic acids is 1. The summed E-state index contributed by atoms with van der Waals surface area (Å²) in [6.45, 7) is 1.85. The minimum atomic E-state index is -0.754. The van der Waals surface area contributed by atoms with Gasteiger partial charge >= 0.3 is 0 Å². The molecule has 2 aromatic heterocycles. The summed E-state index contributed by atoms with van der Waals surface area (Å²) in [5.74, 6) is -1.12. The molecule has 134 valence electrons. The molecule has 1 aliphatic rings. The second-order valence-corrected chi connectivity index (χ2v) is 7.04. The first-order valence-corrected chi connectivity index (χ1v) is 8.94. The van der Waals surface area contributed by atoms with Crippen molar-refractivity contribution < 1.29 is 9.18 Å². The second kappa shape index (κ2) is 7.32. The molecule has 0 saturated heterocycles. The van der Waals surface area contributed by atoms with Gasteiger partial charge in [-0.05, 0) is 43.4 Å². The highest BCUT2D eigenvalue weighted by molar-refractivity contribution is 7.10. The zero-order chi connectivity index (χ0) is 18.0. The molecule has 3 rings (SSSR count). The minimum Gasteiger partial charge on any atom is -0.365 e. The number of rotatable bonds is 5. The Labute approximate surface area is 149 Å². The van der Waals surface area contributed by atoms with Crippen molar-refractivity contribution >= 4 is 34.1 Å². The molecule has 1 amide bonds. The van der Waals surface area contributed by atoms with Gasteiger partial charge in [0.15, 0.2) is 11.6 Å². The molecule has 2 aromatic rings. The van der Waals surface area contributed by atoms with Gasteiger partial charge in [0.2, 0.25) is 0 Å². The van der Waals surface area contributed by atoms with E-state index in [1.807, 2.05) is 13.0 Å². The van der Waals surface area contributed by atoms with Gasteiger partial charge in [0.1, 0.15) is 10.8 Å². The number of aryl methyl sites for hydroxylation is 1. The number of hydrogen-bond donors (Lipinski definition) is 4. The lowest BCUT2D eigenvalue weighted by atomic mass is 9.91. The average Bonchev–Trinajstić information content (AvgIpc) is 2.97. The van der Waals surface area contributed by atoms with Crippen molar-refractivity contribution in [1.29, 1.82) is 0 Å². The van der Waals surface area contributed by atoms with Gasteiger partial charge in [0.25, 0.3) is 5.91 Å². The molecule has 2 unspecified atom stereocenters. The summed E-state index contributed by atoms with van der Waals surface area (Å²) < 4.78 is 18.6. The minimum absolute atomic E-state index is 0.0120. The highest BCUT2D eigenvalue weighted by Crippen LogP contribution is 2.28. The Hall–Kier alpha value is -2.26. The Morgan fingerprint density at radius 2 is 2.08 bits per heavy atom. The number of aromatic nitrogens is 2. The van der Waals surface area contributed by atoms with Gasteiger partial charge in [-0.15, -0.1) is 0 Å². The van der Waals surface area contributed by atoms with Gasteiger partial charge in [0.05, 0.1) is 11.3 Å². The van der Waals surface area contributed by atoms with E-state index in [0.717, 1.165) is 37.4 Å². The third kappa shape index (κ3) is 4.05. The normalized spacial score (nSPS) is 20.3. The maximum atomic E-state index is 14.4. The van der Waals surface area contributed by atoms with Crippen molar-refractivity contribution in [1.82, 2.24) is 9.36 Å². The van der Waals surface area contributed by atoms with Crippen LogP contribution in [0.5, 0.6) is 0 Å². The van der Waals surface area contributed by atoms with E-state index in [0.29, 0.717) is 5.00 Å². The number of anilines is 3. The lowest BCUT2D eigenvalue weighted by Gasteiger charge is -2.30. The van der Waals surface area contributed by atoms with Gasteiger partial charge in [-0.25, -0.2) is 9.37 Å². The first kappa shape index (κ1) is 17.6. The molecule has 0 bridgehead atoms. The molecular weight excluding hydrogens is 343 g/mol. The molecule has 2 heterocycles. The number of carbonyl (C=O) groups is 1. The quantitative estimate of drug-likeness (QED) is 0.647. The van der Waals surface area contributed by atoms with E-state index in [2.05, 4.69) is 20.0 Å². The van der Waals surface area contributed by atoms with E-state index in [1.54, 1.807) is 0 Å². The summed E-state index contributed by atoms with van der Waals surface area (Å²) in [6, 6.07) is 2.81. The van der Waals surface area contributed by atoms with Crippen LogP contribution in [0.4, 0.5) is 21.0 Å². The predicted molar refractivity (Wildman–Crippen MR) is 96.7 cm³/mol. The fourth-order valence-corrected chi connectivity index (χ4v) is 3.59. The van der Waals surface area contributed by atoms with Gasteiger partial charge in [-0.3, -0.25) is 4.79 Å². The largest absolute Gasteiger partial charge is 0.365 e.